The average molecular weight is 625 g/mol. The topological polar surface area (TPSA) is 107 Å². The van der Waals surface area contributed by atoms with Crippen LogP contribution in [-0.2, 0) is 6.54 Å². The van der Waals surface area contributed by atoms with E-state index in [9.17, 15) is 18.4 Å². The van der Waals surface area contributed by atoms with Gasteiger partial charge in [0.1, 0.15) is 17.3 Å². The molecule has 2 amide bonds. The van der Waals surface area contributed by atoms with Crippen LogP contribution in [0.3, 0.4) is 0 Å². The highest BCUT2D eigenvalue weighted by Crippen LogP contribution is 2.33. The molecule has 0 aliphatic carbocycles. The van der Waals surface area contributed by atoms with Crippen molar-refractivity contribution < 1.29 is 23.1 Å². The molecule has 3 aromatic carbocycles. The van der Waals surface area contributed by atoms with E-state index in [0.29, 0.717) is 56.0 Å². The summed E-state index contributed by atoms with van der Waals surface area (Å²) in [6.45, 7) is 2.26. The van der Waals surface area contributed by atoms with E-state index < -0.39 is 11.6 Å². The molecule has 1 aliphatic rings. The first-order chi connectivity index (χ1) is 19.8. The smallest absolute Gasteiger partial charge is 0.257 e. The molecule has 1 aliphatic heterocycles. The standard InChI is InChI=1S/C29H27BrF2N6O3/c1-41-24-6-3-2-5-20(24)29(40)37-12-4-11-36(13-14-37)28(39)19-9-7-18(8-10-19)16-38-17-23(34-35-38)21-15-22(31)25(30)26(32)27(21)33/h2-3,5-10,15,17H,4,11-14,16,33H2,1H3. The normalized spacial score (nSPS) is 13.7. The molecule has 12 heteroatoms. The molecule has 1 saturated heterocycles. The van der Waals surface area contributed by atoms with E-state index in [0.717, 1.165) is 11.6 Å². The van der Waals surface area contributed by atoms with Crippen LogP contribution in [0.2, 0.25) is 0 Å². The number of carbonyl (C=O) groups excluding carboxylic acids is 2. The fourth-order valence-electron chi connectivity index (χ4n) is 4.76. The zero-order valence-electron chi connectivity index (χ0n) is 22.2. The minimum Gasteiger partial charge on any atom is -0.496 e. The van der Waals surface area contributed by atoms with Crippen LogP contribution in [0.1, 0.15) is 32.7 Å². The SMILES string of the molecule is COc1ccccc1C(=O)N1CCCN(C(=O)c2ccc(Cn3cc(-c4cc(F)c(Br)c(F)c4N)nn3)cc2)CC1. The van der Waals surface area contributed by atoms with Gasteiger partial charge in [0.05, 0.1) is 35.6 Å². The number of methoxy groups -OCH3 is 1. The van der Waals surface area contributed by atoms with E-state index >= 15 is 0 Å². The Balaban J connectivity index is 1.22. The van der Waals surface area contributed by atoms with Crippen molar-refractivity contribution in [1.82, 2.24) is 24.8 Å². The van der Waals surface area contributed by atoms with Gasteiger partial charge >= 0.3 is 0 Å². The Morgan fingerprint density at radius 2 is 1.68 bits per heavy atom. The summed E-state index contributed by atoms with van der Waals surface area (Å²) >= 11 is 2.84. The molecule has 41 heavy (non-hydrogen) atoms. The van der Waals surface area contributed by atoms with Crippen LogP contribution in [0.15, 0.2) is 65.3 Å². The first-order valence-electron chi connectivity index (χ1n) is 12.9. The maximum absolute atomic E-state index is 14.2. The predicted molar refractivity (Wildman–Crippen MR) is 152 cm³/mol. The molecule has 212 valence electrons. The van der Waals surface area contributed by atoms with Gasteiger partial charge in [-0.1, -0.05) is 29.5 Å². The number of benzene rings is 3. The van der Waals surface area contributed by atoms with Crippen LogP contribution in [-0.4, -0.2) is 69.9 Å². The lowest BCUT2D eigenvalue weighted by Crippen LogP contribution is -2.37. The highest BCUT2D eigenvalue weighted by molar-refractivity contribution is 9.10. The monoisotopic (exact) mass is 624 g/mol. The molecule has 9 nitrogen and oxygen atoms in total. The number of nitrogen functional groups attached to an aromatic ring is 1. The van der Waals surface area contributed by atoms with Crippen molar-refractivity contribution in [3.8, 4) is 17.0 Å². The Hall–Kier alpha value is -4.32. The third kappa shape index (κ3) is 5.92. The van der Waals surface area contributed by atoms with E-state index in [1.807, 2.05) is 18.2 Å². The number of anilines is 1. The summed E-state index contributed by atoms with van der Waals surface area (Å²) in [5, 5.41) is 8.05. The molecule has 0 bridgehead atoms. The van der Waals surface area contributed by atoms with Gasteiger partial charge in [0.15, 0.2) is 5.82 Å². The molecule has 4 aromatic rings. The summed E-state index contributed by atoms with van der Waals surface area (Å²) in [6.07, 6.45) is 2.21. The van der Waals surface area contributed by atoms with Crippen molar-refractivity contribution in [3.63, 3.8) is 0 Å². The first-order valence-corrected chi connectivity index (χ1v) is 13.7. The molecule has 0 unspecified atom stereocenters. The van der Waals surface area contributed by atoms with E-state index in [1.54, 1.807) is 46.3 Å². The Bertz CT molecular complexity index is 1590. The van der Waals surface area contributed by atoms with Gasteiger partial charge in [-0.05, 0) is 58.2 Å². The number of amides is 2. The number of nitrogens with zero attached hydrogens (tertiary/aromatic N) is 5. The Kier molecular flexibility index (Phi) is 8.29. The molecule has 2 heterocycles. The van der Waals surface area contributed by atoms with E-state index in [1.165, 1.54) is 11.8 Å². The second-order valence-corrected chi connectivity index (χ2v) is 10.4. The molecule has 1 aromatic heterocycles. The minimum absolute atomic E-state index is 0.107. The van der Waals surface area contributed by atoms with Crippen LogP contribution in [0.5, 0.6) is 5.75 Å². The third-order valence-electron chi connectivity index (χ3n) is 6.97. The third-order valence-corrected chi connectivity index (χ3v) is 7.69. The quantitative estimate of drug-likeness (QED) is 0.248. The van der Waals surface area contributed by atoms with Crippen molar-refractivity contribution in [2.75, 3.05) is 39.0 Å². The molecule has 1 fully saturated rings. The number of hydrogen-bond acceptors (Lipinski definition) is 6. The van der Waals surface area contributed by atoms with Gasteiger partial charge in [-0.2, -0.15) is 0 Å². The van der Waals surface area contributed by atoms with Crippen LogP contribution in [0, 0.1) is 11.6 Å². The van der Waals surface area contributed by atoms with Gasteiger partial charge in [0.2, 0.25) is 0 Å². The predicted octanol–water partition coefficient (Wildman–Crippen LogP) is 4.61. The zero-order chi connectivity index (χ0) is 29.1. The average Bonchev–Trinajstić information content (AvgIpc) is 3.31. The fourth-order valence-corrected chi connectivity index (χ4v) is 5.09. The van der Waals surface area contributed by atoms with E-state index in [2.05, 4.69) is 26.2 Å². The summed E-state index contributed by atoms with van der Waals surface area (Å²) in [6, 6.07) is 15.3. The zero-order valence-corrected chi connectivity index (χ0v) is 23.8. The van der Waals surface area contributed by atoms with Crippen molar-refractivity contribution in [1.29, 1.82) is 0 Å². The number of carbonyl (C=O) groups is 2. The lowest BCUT2D eigenvalue weighted by Gasteiger charge is -2.23. The second kappa shape index (κ2) is 12.0. The number of hydrogen-bond donors (Lipinski definition) is 1. The molecular weight excluding hydrogens is 598 g/mol. The van der Waals surface area contributed by atoms with Gasteiger partial charge < -0.3 is 20.3 Å². The number of rotatable bonds is 6. The lowest BCUT2D eigenvalue weighted by atomic mass is 10.1. The molecule has 0 saturated carbocycles. The highest BCUT2D eigenvalue weighted by Gasteiger charge is 2.25. The van der Waals surface area contributed by atoms with Crippen molar-refractivity contribution in [3.05, 3.63) is 93.6 Å². The Labute approximate surface area is 243 Å². The molecule has 0 radical (unpaired) electrons. The van der Waals surface area contributed by atoms with Gasteiger partial charge in [-0.25, -0.2) is 13.5 Å². The molecule has 0 atom stereocenters. The van der Waals surface area contributed by atoms with Crippen LogP contribution in [0.4, 0.5) is 14.5 Å². The van der Waals surface area contributed by atoms with Crippen molar-refractivity contribution in [2.45, 2.75) is 13.0 Å². The summed E-state index contributed by atoms with van der Waals surface area (Å²) in [5.41, 5.74) is 7.82. The summed E-state index contributed by atoms with van der Waals surface area (Å²) in [7, 11) is 1.54. The first kappa shape index (κ1) is 28.2. The van der Waals surface area contributed by atoms with Crippen LogP contribution >= 0.6 is 15.9 Å². The summed E-state index contributed by atoms with van der Waals surface area (Å²) < 4.78 is 34.7. The minimum atomic E-state index is -0.894. The number of halogens is 3. The molecule has 0 spiro atoms. The van der Waals surface area contributed by atoms with Crippen molar-refractivity contribution in [2.24, 2.45) is 0 Å². The number of aromatic nitrogens is 3. The molecule has 2 N–H and O–H groups in total. The van der Waals surface area contributed by atoms with Gasteiger partial charge in [-0.3, -0.25) is 9.59 Å². The largest absolute Gasteiger partial charge is 0.496 e. The van der Waals surface area contributed by atoms with E-state index in [4.69, 9.17) is 10.5 Å². The highest BCUT2D eigenvalue weighted by atomic mass is 79.9. The fraction of sp³-hybridized carbons (Fsp3) is 0.241. The van der Waals surface area contributed by atoms with Crippen LogP contribution in [0.25, 0.3) is 11.3 Å². The Morgan fingerprint density at radius 1 is 1.00 bits per heavy atom. The van der Waals surface area contributed by atoms with Gasteiger partial charge in [0, 0.05) is 37.3 Å². The maximum Gasteiger partial charge on any atom is 0.257 e. The van der Waals surface area contributed by atoms with E-state index in [-0.39, 0.29) is 33.2 Å². The second-order valence-electron chi connectivity index (χ2n) is 9.58. The van der Waals surface area contributed by atoms with Gasteiger partial charge in [0.25, 0.3) is 11.8 Å². The van der Waals surface area contributed by atoms with Gasteiger partial charge in [-0.15, -0.1) is 5.10 Å². The summed E-state index contributed by atoms with van der Waals surface area (Å²) in [5.74, 6) is -1.38. The molecule has 5 rings (SSSR count). The number of ether oxygens (including phenoxy) is 1. The number of para-hydroxylation sites is 1. The maximum atomic E-state index is 14.2. The van der Waals surface area contributed by atoms with Crippen LogP contribution < -0.4 is 10.5 Å². The Morgan fingerprint density at radius 3 is 2.39 bits per heavy atom. The number of nitrogens with two attached hydrogens (primary N) is 1. The molecular formula is C29H27BrF2N6O3. The lowest BCUT2D eigenvalue weighted by molar-refractivity contribution is 0.0717. The summed E-state index contributed by atoms with van der Waals surface area (Å²) in [4.78, 5) is 29.9. The van der Waals surface area contributed by atoms with Crippen molar-refractivity contribution >= 4 is 33.4 Å².